The number of carbonyl (C=O) groups is 2. The number of aryl methyl sites for hydroxylation is 1. The summed E-state index contributed by atoms with van der Waals surface area (Å²) in [5.41, 5.74) is 1.48. The molecule has 0 fully saturated rings. The van der Waals surface area contributed by atoms with E-state index in [2.05, 4.69) is 0 Å². The molecular weight excluding hydrogens is 346 g/mol. The molecule has 1 aliphatic heterocycles. The van der Waals surface area contributed by atoms with Crippen molar-refractivity contribution in [3.63, 3.8) is 0 Å². The van der Waals surface area contributed by atoms with E-state index < -0.39 is 11.8 Å². The highest BCUT2D eigenvalue weighted by Gasteiger charge is 2.40. The van der Waals surface area contributed by atoms with E-state index in [1.807, 2.05) is 25.3 Å². The van der Waals surface area contributed by atoms with Crippen molar-refractivity contribution >= 4 is 40.9 Å². The average molecular weight is 360 g/mol. The monoisotopic (exact) mass is 359 g/mol. The Balaban J connectivity index is 1.90. The Morgan fingerprint density at radius 1 is 1.04 bits per heavy atom. The summed E-state index contributed by atoms with van der Waals surface area (Å²) in [5.74, 6) is -0.834. The van der Waals surface area contributed by atoms with E-state index in [0.717, 1.165) is 15.4 Å². The quantitative estimate of drug-likeness (QED) is 0.608. The van der Waals surface area contributed by atoms with Crippen molar-refractivity contribution in [1.29, 1.82) is 0 Å². The number of rotatable bonds is 4. The topological polar surface area (TPSA) is 46.6 Å². The van der Waals surface area contributed by atoms with Crippen LogP contribution in [0.15, 0.2) is 64.2 Å². The number of nitrogens with zero attached hydrogens (tertiary/aromatic N) is 1. The second kappa shape index (κ2) is 6.71. The summed E-state index contributed by atoms with van der Waals surface area (Å²) >= 11 is 7.68. The number of hydrogen-bond acceptors (Lipinski definition) is 4. The minimum atomic E-state index is -0.583. The van der Waals surface area contributed by atoms with E-state index in [4.69, 9.17) is 16.3 Å². The van der Waals surface area contributed by atoms with Crippen LogP contribution in [0.3, 0.4) is 0 Å². The maximum atomic E-state index is 12.6. The Hall–Kier alpha value is -2.24. The molecule has 0 bridgehead atoms. The van der Waals surface area contributed by atoms with Gasteiger partial charge < -0.3 is 4.74 Å². The third-order valence-corrected chi connectivity index (χ3v) is 4.82. The minimum absolute atomic E-state index is 0.151. The van der Waals surface area contributed by atoms with E-state index in [1.165, 1.54) is 0 Å². The fraction of sp³-hybridized carbons (Fsp3) is 0.111. The summed E-state index contributed by atoms with van der Waals surface area (Å²) in [4.78, 5) is 27.0. The predicted molar refractivity (Wildman–Crippen MR) is 95.4 cm³/mol. The third kappa shape index (κ3) is 2.92. The lowest BCUT2D eigenvalue weighted by molar-refractivity contribution is -0.121. The van der Waals surface area contributed by atoms with Crippen molar-refractivity contribution in [1.82, 2.24) is 0 Å². The van der Waals surface area contributed by atoms with Gasteiger partial charge in [0.25, 0.3) is 5.91 Å². The molecule has 24 heavy (non-hydrogen) atoms. The van der Waals surface area contributed by atoms with Crippen molar-refractivity contribution in [2.75, 3.05) is 11.2 Å². The molecule has 0 radical (unpaired) electrons. The van der Waals surface area contributed by atoms with Crippen LogP contribution in [-0.4, -0.2) is 18.1 Å². The third-order valence-electron chi connectivity index (χ3n) is 3.59. The van der Waals surface area contributed by atoms with Crippen molar-refractivity contribution in [3.05, 3.63) is 64.9 Å². The summed E-state index contributed by atoms with van der Waals surface area (Å²) in [5, 5.41) is -0.213. The predicted octanol–water partition coefficient (Wildman–Crippen LogP) is 4.12. The van der Waals surface area contributed by atoms with Gasteiger partial charge in [-0.1, -0.05) is 29.8 Å². The van der Waals surface area contributed by atoms with Crippen LogP contribution in [0.1, 0.15) is 5.56 Å². The van der Waals surface area contributed by atoms with Crippen LogP contribution in [0.5, 0.6) is 5.75 Å². The number of carbonyl (C=O) groups excluding carboxylic acids is 2. The van der Waals surface area contributed by atoms with E-state index in [1.54, 1.807) is 48.2 Å². The second-order valence-electron chi connectivity index (χ2n) is 5.16. The van der Waals surface area contributed by atoms with Gasteiger partial charge in [-0.05, 0) is 49.1 Å². The smallest absolute Gasteiger partial charge is 0.302 e. The molecule has 0 unspecified atom stereocenters. The molecule has 2 amide bonds. The molecule has 0 saturated carbocycles. The largest absolute Gasteiger partial charge is 0.450 e. The lowest BCUT2D eigenvalue weighted by Gasteiger charge is -2.14. The van der Waals surface area contributed by atoms with Gasteiger partial charge in [0.1, 0.15) is 5.75 Å². The number of para-hydroxylation sites is 1. The van der Waals surface area contributed by atoms with Crippen molar-refractivity contribution in [2.45, 2.75) is 11.8 Å². The molecular formula is C18H14ClNO3S. The number of ether oxygens (including phenoxy) is 1. The Morgan fingerprint density at radius 3 is 2.38 bits per heavy atom. The number of hydrogen-bond donors (Lipinski definition) is 0. The zero-order chi connectivity index (χ0) is 17.3. The molecule has 6 heteroatoms. The van der Waals surface area contributed by atoms with Gasteiger partial charge in [0, 0.05) is 4.90 Å². The van der Waals surface area contributed by atoms with Crippen molar-refractivity contribution in [3.8, 4) is 5.75 Å². The first-order chi connectivity index (χ1) is 11.5. The maximum Gasteiger partial charge on any atom is 0.302 e. The molecule has 1 aliphatic rings. The summed E-state index contributed by atoms with van der Waals surface area (Å²) in [6, 6.07) is 14.1. The summed E-state index contributed by atoms with van der Waals surface area (Å²) in [6.45, 7) is 1.95. The van der Waals surface area contributed by atoms with Gasteiger partial charge in [0.2, 0.25) is 5.76 Å². The van der Waals surface area contributed by atoms with Gasteiger partial charge >= 0.3 is 5.91 Å². The molecule has 122 valence electrons. The number of imide groups is 1. The zero-order valence-corrected chi connectivity index (χ0v) is 14.6. The second-order valence-corrected chi connectivity index (χ2v) is 6.38. The summed E-state index contributed by atoms with van der Waals surface area (Å²) in [6.07, 6.45) is 1.99. The van der Waals surface area contributed by atoms with Gasteiger partial charge in [-0.2, -0.15) is 0 Å². The van der Waals surface area contributed by atoms with E-state index >= 15 is 0 Å². The first-order valence-corrected chi connectivity index (χ1v) is 8.79. The van der Waals surface area contributed by atoms with Gasteiger partial charge in [-0.3, -0.25) is 9.59 Å². The standard InChI is InChI=1S/C18H14ClNO3S/c1-11-10-13(8-9-14(11)24-2)23-16-15(19)17(21)20(18(16)22)12-6-4-3-5-7-12/h3-10H,1-2H3. The highest BCUT2D eigenvalue weighted by molar-refractivity contribution is 7.98. The van der Waals surface area contributed by atoms with E-state index in [-0.39, 0.29) is 10.8 Å². The molecule has 4 nitrogen and oxygen atoms in total. The highest BCUT2D eigenvalue weighted by atomic mass is 35.5. The Kier molecular flexibility index (Phi) is 4.64. The Labute approximate surface area is 149 Å². The molecule has 0 aliphatic carbocycles. The van der Waals surface area contributed by atoms with E-state index in [0.29, 0.717) is 11.4 Å². The average Bonchev–Trinajstić information content (AvgIpc) is 2.79. The van der Waals surface area contributed by atoms with Gasteiger partial charge in [-0.25, -0.2) is 4.90 Å². The van der Waals surface area contributed by atoms with Gasteiger partial charge in [0.05, 0.1) is 5.69 Å². The molecule has 0 N–H and O–H groups in total. The number of thioether (sulfide) groups is 1. The van der Waals surface area contributed by atoms with Crippen LogP contribution in [0.2, 0.25) is 0 Å². The summed E-state index contributed by atoms with van der Waals surface area (Å²) < 4.78 is 5.63. The van der Waals surface area contributed by atoms with Crippen LogP contribution in [0.25, 0.3) is 0 Å². The molecule has 0 aromatic heterocycles. The lowest BCUT2D eigenvalue weighted by atomic mass is 10.2. The van der Waals surface area contributed by atoms with Gasteiger partial charge in [-0.15, -0.1) is 11.8 Å². The van der Waals surface area contributed by atoms with Crippen LogP contribution in [-0.2, 0) is 9.59 Å². The number of amides is 2. The SMILES string of the molecule is CSc1ccc(OC2=C(Cl)C(=O)N(c3ccccc3)C2=O)cc1C. The lowest BCUT2D eigenvalue weighted by Crippen LogP contribution is -2.31. The molecule has 2 aromatic carbocycles. The Bertz CT molecular complexity index is 849. The summed E-state index contributed by atoms with van der Waals surface area (Å²) in [7, 11) is 0. The molecule has 0 spiro atoms. The zero-order valence-electron chi connectivity index (χ0n) is 13.1. The van der Waals surface area contributed by atoms with Crippen LogP contribution < -0.4 is 9.64 Å². The van der Waals surface area contributed by atoms with Crippen molar-refractivity contribution < 1.29 is 14.3 Å². The van der Waals surface area contributed by atoms with E-state index in [9.17, 15) is 9.59 Å². The number of halogens is 1. The molecule has 0 saturated heterocycles. The number of anilines is 1. The number of benzene rings is 2. The van der Waals surface area contributed by atoms with Crippen LogP contribution >= 0.6 is 23.4 Å². The minimum Gasteiger partial charge on any atom is -0.450 e. The highest BCUT2D eigenvalue weighted by Crippen LogP contribution is 2.32. The molecule has 2 aromatic rings. The fourth-order valence-electron chi connectivity index (χ4n) is 2.42. The molecule has 1 heterocycles. The maximum absolute atomic E-state index is 12.6. The van der Waals surface area contributed by atoms with Crippen LogP contribution in [0.4, 0.5) is 5.69 Å². The molecule has 3 rings (SSSR count). The first kappa shape index (κ1) is 16.6. The first-order valence-electron chi connectivity index (χ1n) is 7.19. The van der Waals surface area contributed by atoms with Gasteiger partial charge in [0.15, 0.2) is 5.03 Å². The Morgan fingerprint density at radius 2 is 1.75 bits per heavy atom. The van der Waals surface area contributed by atoms with Crippen molar-refractivity contribution in [2.24, 2.45) is 0 Å². The molecule has 0 atom stereocenters. The van der Waals surface area contributed by atoms with Crippen LogP contribution in [0, 0.1) is 6.92 Å². The normalized spacial score (nSPS) is 14.5. The fourth-order valence-corrected chi connectivity index (χ4v) is 3.20.